The van der Waals surface area contributed by atoms with Crippen LogP contribution >= 0.6 is 0 Å². The summed E-state index contributed by atoms with van der Waals surface area (Å²) < 4.78 is 2.16. The van der Waals surface area contributed by atoms with Crippen molar-refractivity contribution in [1.82, 2.24) is 9.55 Å². The first kappa shape index (κ1) is 11.9. The fraction of sp³-hybridized carbons (Fsp3) is 0.0588. The van der Waals surface area contributed by atoms with Gasteiger partial charge in [0.15, 0.2) is 0 Å². The molecule has 0 unspecified atom stereocenters. The number of pyridine rings is 1. The molecule has 0 bridgehead atoms. The minimum Gasteiger partial charge on any atom is -0.366 e. The first-order valence-electron chi connectivity index (χ1n) is 6.79. The van der Waals surface area contributed by atoms with E-state index in [9.17, 15) is 4.79 Å². The van der Waals surface area contributed by atoms with Gasteiger partial charge in [0.25, 0.3) is 0 Å². The van der Waals surface area contributed by atoms with Gasteiger partial charge >= 0.3 is 0 Å². The highest BCUT2D eigenvalue weighted by molar-refractivity contribution is 5.98. The third-order valence-electron chi connectivity index (χ3n) is 3.86. The number of primary amides is 1. The zero-order valence-corrected chi connectivity index (χ0v) is 11.3. The smallest absolute Gasteiger partial charge is 0.248 e. The maximum Gasteiger partial charge on any atom is 0.248 e. The Morgan fingerprint density at radius 1 is 1.24 bits per heavy atom. The van der Waals surface area contributed by atoms with E-state index in [4.69, 9.17) is 5.73 Å². The summed E-state index contributed by atoms with van der Waals surface area (Å²) in [4.78, 5) is 15.9. The van der Waals surface area contributed by atoms with E-state index >= 15 is 0 Å². The summed E-state index contributed by atoms with van der Waals surface area (Å²) in [6, 6.07) is 11.7. The summed E-state index contributed by atoms with van der Waals surface area (Å²) >= 11 is 0. The molecule has 0 radical (unpaired) electrons. The maximum absolute atomic E-state index is 11.4. The van der Waals surface area contributed by atoms with Gasteiger partial charge in [-0.1, -0.05) is 24.3 Å². The molecule has 0 saturated heterocycles. The minimum absolute atomic E-state index is 0.407. The van der Waals surface area contributed by atoms with E-state index in [1.807, 2.05) is 18.2 Å². The Kier molecular flexibility index (Phi) is 2.44. The van der Waals surface area contributed by atoms with Crippen molar-refractivity contribution in [3.8, 4) is 11.4 Å². The number of hydrogen-bond acceptors (Lipinski definition) is 2. The number of fused-ring (bicyclic) bond motifs is 5. The predicted octanol–water partition coefficient (Wildman–Crippen LogP) is 2.83. The van der Waals surface area contributed by atoms with Gasteiger partial charge in [-0.3, -0.25) is 9.78 Å². The average Bonchev–Trinajstić information content (AvgIpc) is 2.75. The lowest BCUT2D eigenvalue weighted by molar-refractivity contribution is 0.100. The summed E-state index contributed by atoms with van der Waals surface area (Å²) in [5, 5.41) is 1.09. The van der Waals surface area contributed by atoms with Crippen LogP contribution in [0, 0.1) is 0 Å². The van der Waals surface area contributed by atoms with Crippen molar-refractivity contribution in [3.63, 3.8) is 0 Å². The molecule has 0 saturated carbocycles. The zero-order chi connectivity index (χ0) is 14.4. The molecule has 4 nitrogen and oxygen atoms in total. The van der Waals surface area contributed by atoms with Crippen molar-refractivity contribution < 1.29 is 4.79 Å². The van der Waals surface area contributed by atoms with Crippen LogP contribution in [0.2, 0.25) is 0 Å². The number of aromatic nitrogens is 2. The summed E-state index contributed by atoms with van der Waals surface area (Å²) in [5.41, 5.74) is 10.0. The van der Waals surface area contributed by atoms with E-state index in [1.165, 1.54) is 0 Å². The Morgan fingerprint density at radius 2 is 2.14 bits per heavy atom. The maximum atomic E-state index is 11.4. The standard InChI is InChI=1S/C17H13N3O/c18-17(21)13-6-5-12-9-15-16-11(3-1-7-19-16)4-2-8-20(15)14(12)10-13/h1-7,9-10H,8H2,(H2,18,21). The van der Waals surface area contributed by atoms with Crippen molar-refractivity contribution in [2.24, 2.45) is 5.73 Å². The lowest BCUT2D eigenvalue weighted by Gasteiger charge is -2.07. The lowest BCUT2D eigenvalue weighted by Crippen LogP contribution is -2.10. The largest absolute Gasteiger partial charge is 0.366 e. The van der Waals surface area contributed by atoms with Gasteiger partial charge in [-0.25, -0.2) is 0 Å². The van der Waals surface area contributed by atoms with Crippen LogP contribution in [0.3, 0.4) is 0 Å². The van der Waals surface area contributed by atoms with Gasteiger partial charge in [-0.05, 0) is 24.3 Å². The van der Waals surface area contributed by atoms with Crippen molar-refractivity contribution in [2.75, 3.05) is 0 Å². The molecule has 0 spiro atoms. The number of nitrogens with two attached hydrogens (primary N) is 1. The van der Waals surface area contributed by atoms with Crippen molar-refractivity contribution >= 4 is 22.9 Å². The molecule has 2 N–H and O–H groups in total. The third kappa shape index (κ3) is 1.76. The number of hydrogen-bond donors (Lipinski definition) is 1. The molecule has 1 aliphatic rings. The Labute approximate surface area is 121 Å². The molecule has 0 atom stereocenters. The highest BCUT2D eigenvalue weighted by Crippen LogP contribution is 2.32. The Morgan fingerprint density at radius 3 is 3.00 bits per heavy atom. The first-order valence-corrected chi connectivity index (χ1v) is 6.79. The molecular weight excluding hydrogens is 262 g/mol. The normalized spacial score (nSPS) is 12.8. The topological polar surface area (TPSA) is 60.9 Å². The average molecular weight is 275 g/mol. The molecule has 1 amide bonds. The predicted molar refractivity (Wildman–Crippen MR) is 82.7 cm³/mol. The van der Waals surface area contributed by atoms with E-state index in [2.05, 4.69) is 33.8 Å². The van der Waals surface area contributed by atoms with E-state index < -0.39 is 5.91 Å². The molecule has 3 aromatic rings. The lowest BCUT2D eigenvalue weighted by atomic mass is 10.1. The molecule has 3 heterocycles. The number of rotatable bonds is 1. The minimum atomic E-state index is -0.407. The number of nitrogens with zero attached hydrogens (tertiary/aromatic N) is 2. The summed E-state index contributed by atoms with van der Waals surface area (Å²) in [6.45, 7) is 0.747. The molecule has 4 rings (SSSR count). The fourth-order valence-electron chi connectivity index (χ4n) is 2.85. The van der Waals surface area contributed by atoms with Crippen LogP contribution in [0.5, 0.6) is 0 Å². The van der Waals surface area contributed by atoms with Gasteiger partial charge in [0.1, 0.15) is 0 Å². The monoisotopic (exact) mass is 275 g/mol. The first-order chi connectivity index (χ1) is 10.2. The molecule has 1 aliphatic heterocycles. The molecule has 1 aromatic carbocycles. The third-order valence-corrected chi connectivity index (χ3v) is 3.86. The molecule has 2 aromatic heterocycles. The quantitative estimate of drug-likeness (QED) is 0.742. The van der Waals surface area contributed by atoms with Crippen LogP contribution in [0.15, 0.2) is 48.7 Å². The molecule has 21 heavy (non-hydrogen) atoms. The number of carbonyl (C=O) groups excluding carboxylic acids is 1. The fourth-order valence-corrected chi connectivity index (χ4v) is 2.85. The summed E-state index contributed by atoms with van der Waals surface area (Å²) in [5.74, 6) is -0.407. The van der Waals surface area contributed by atoms with Gasteiger partial charge in [0.05, 0.1) is 11.4 Å². The summed E-state index contributed by atoms with van der Waals surface area (Å²) in [6.07, 6.45) is 5.99. The van der Waals surface area contributed by atoms with Gasteiger partial charge in [-0.15, -0.1) is 0 Å². The van der Waals surface area contributed by atoms with Gasteiger partial charge in [0, 0.05) is 34.8 Å². The van der Waals surface area contributed by atoms with Crippen LogP contribution in [0.1, 0.15) is 15.9 Å². The molecule has 4 heteroatoms. The number of benzene rings is 1. The van der Waals surface area contributed by atoms with Gasteiger partial charge in [0.2, 0.25) is 5.91 Å². The highest BCUT2D eigenvalue weighted by atomic mass is 16.1. The van der Waals surface area contributed by atoms with E-state index in [1.54, 1.807) is 12.3 Å². The SMILES string of the molecule is NC(=O)c1ccc2cc3n(c2c1)CC=Cc1cccnc1-3. The molecule has 0 aliphatic carbocycles. The summed E-state index contributed by atoms with van der Waals surface area (Å²) in [7, 11) is 0. The Balaban J connectivity index is 2.05. The van der Waals surface area contributed by atoms with Crippen molar-refractivity contribution in [3.05, 3.63) is 59.8 Å². The van der Waals surface area contributed by atoms with Gasteiger partial charge in [-0.2, -0.15) is 0 Å². The van der Waals surface area contributed by atoms with E-state index in [-0.39, 0.29) is 0 Å². The number of amides is 1. The van der Waals surface area contributed by atoms with Crippen LogP contribution in [0.4, 0.5) is 0 Å². The Bertz CT molecular complexity index is 906. The van der Waals surface area contributed by atoms with Crippen LogP contribution < -0.4 is 5.73 Å². The zero-order valence-electron chi connectivity index (χ0n) is 11.3. The van der Waals surface area contributed by atoms with Crippen LogP contribution in [0.25, 0.3) is 28.4 Å². The number of carbonyl (C=O) groups is 1. The molecular formula is C17H13N3O. The second kappa shape index (κ2) is 4.31. The second-order valence-electron chi connectivity index (χ2n) is 5.12. The highest BCUT2D eigenvalue weighted by Gasteiger charge is 2.16. The molecule has 0 fully saturated rings. The number of allylic oxidation sites excluding steroid dienone is 1. The van der Waals surface area contributed by atoms with Crippen LogP contribution in [-0.4, -0.2) is 15.5 Å². The van der Waals surface area contributed by atoms with Crippen LogP contribution in [-0.2, 0) is 6.54 Å². The van der Waals surface area contributed by atoms with E-state index in [0.717, 1.165) is 34.4 Å². The van der Waals surface area contributed by atoms with Crippen molar-refractivity contribution in [2.45, 2.75) is 6.54 Å². The van der Waals surface area contributed by atoms with Crippen molar-refractivity contribution in [1.29, 1.82) is 0 Å². The second-order valence-corrected chi connectivity index (χ2v) is 5.12. The van der Waals surface area contributed by atoms with E-state index in [0.29, 0.717) is 5.56 Å². The van der Waals surface area contributed by atoms with Gasteiger partial charge < -0.3 is 10.3 Å². The Hall–Kier alpha value is -2.88. The molecule has 102 valence electrons.